The normalized spacial score (nSPS) is 32.5. The lowest BCUT2D eigenvalue weighted by atomic mass is 9.84. The monoisotopic (exact) mass is 275 g/mol. The molecule has 1 saturated carbocycles. The third-order valence-corrected chi connectivity index (χ3v) is 3.99. The van der Waals surface area contributed by atoms with Gasteiger partial charge in [-0.3, -0.25) is 4.79 Å². The zero-order valence-corrected chi connectivity index (χ0v) is 10.7. The van der Waals surface area contributed by atoms with Gasteiger partial charge in [-0.1, -0.05) is 22.4 Å². The van der Waals surface area contributed by atoms with Crippen molar-refractivity contribution in [3.63, 3.8) is 0 Å². The summed E-state index contributed by atoms with van der Waals surface area (Å²) in [5, 5.41) is 0.811. The lowest BCUT2D eigenvalue weighted by Gasteiger charge is -2.39. The molecule has 86 valence electrons. The van der Waals surface area contributed by atoms with Crippen molar-refractivity contribution in [2.24, 2.45) is 5.92 Å². The van der Waals surface area contributed by atoms with Crippen molar-refractivity contribution in [3.05, 3.63) is 0 Å². The van der Waals surface area contributed by atoms with Gasteiger partial charge in [0, 0.05) is 24.3 Å². The van der Waals surface area contributed by atoms with Gasteiger partial charge in [0.05, 0.1) is 12.2 Å². The van der Waals surface area contributed by atoms with Gasteiger partial charge in [-0.15, -0.1) is 0 Å². The number of hydrogen-bond acceptors (Lipinski definition) is 2. The van der Waals surface area contributed by atoms with Gasteiger partial charge >= 0.3 is 0 Å². The van der Waals surface area contributed by atoms with E-state index in [1.54, 1.807) is 0 Å². The molecule has 2 fully saturated rings. The van der Waals surface area contributed by atoms with Crippen molar-refractivity contribution in [2.45, 2.75) is 38.4 Å². The number of amides is 1. The van der Waals surface area contributed by atoms with Crippen LogP contribution in [0, 0.1) is 5.92 Å². The number of rotatable bonds is 2. The molecule has 1 aliphatic heterocycles. The second-order valence-electron chi connectivity index (χ2n) is 4.59. The summed E-state index contributed by atoms with van der Waals surface area (Å²) in [6, 6.07) is 0. The van der Waals surface area contributed by atoms with E-state index in [9.17, 15) is 4.79 Å². The predicted octanol–water partition coefficient (Wildman–Crippen LogP) is 1.80. The summed E-state index contributed by atoms with van der Waals surface area (Å²) < 4.78 is 5.71. The smallest absolute Gasteiger partial charge is 0.225 e. The molecule has 0 bridgehead atoms. The number of halogens is 1. The zero-order chi connectivity index (χ0) is 10.8. The van der Waals surface area contributed by atoms with Crippen LogP contribution in [0.2, 0.25) is 0 Å². The van der Waals surface area contributed by atoms with E-state index >= 15 is 0 Å². The average Bonchev–Trinajstić information content (AvgIpc) is 2.14. The first kappa shape index (κ1) is 11.4. The molecule has 2 unspecified atom stereocenters. The number of nitrogens with zero attached hydrogens (tertiary/aromatic N) is 1. The summed E-state index contributed by atoms with van der Waals surface area (Å²) >= 11 is 3.42. The topological polar surface area (TPSA) is 29.5 Å². The Labute approximate surface area is 99.3 Å². The van der Waals surface area contributed by atoms with E-state index < -0.39 is 0 Å². The van der Waals surface area contributed by atoms with Crippen molar-refractivity contribution in [1.82, 2.24) is 4.90 Å². The summed E-state index contributed by atoms with van der Waals surface area (Å²) in [5.74, 6) is 0.661. The number of hydrogen-bond donors (Lipinski definition) is 0. The summed E-state index contributed by atoms with van der Waals surface area (Å²) in [4.78, 5) is 14.0. The van der Waals surface area contributed by atoms with E-state index in [1.165, 1.54) is 6.42 Å². The zero-order valence-electron chi connectivity index (χ0n) is 9.12. The maximum atomic E-state index is 12.0. The standard InChI is InChI=1S/C11H18BrNO2/c1-8-6-13(7-10(5-12)15-8)11(14)9-3-2-4-9/h8-10H,2-7H2,1H3. The van der Waals surface area contributed by atoms with Crippen molar-refractivity contribution >= 4 is 21.8 Å². The third kappa shape index (κ3) is 2.53. The van der Waals surface area contributed by atoms with Crippen molar-refractivity contribution < 1.29 is 9.53 Å². The number of morpholine rings is 1. The van der Waals surface area contributed by atoms with Crippen molar-refractivity contribution in [2.75, 3.05) is 18.4 Å². The van der Waals surface area contributed by atoms with Crippen LogP contribution in [0.1, 0.15) is 26.2 Å². The Morgan fingerprint density at radius 1 is 1.47 bits per heavy atom. The summed E-state index contributed by atoms with van der Waals surface area (Å²) in [6.45, 7) is 3.56. The molecule has 0 N–H and O–H groups in total. The van der Waals surface area contributed by atoms with Crippen LogP contribution in [0.3, 0.4) is 0 Å². The van der Waals surface area contributed by atoms with E-state index in [1.807, 2.05) is 11.8 Å². The Hall–Kier alpha value is -0.0900. The fourth-order valence-corrected chi connectivity index (χ4v) is 2.58. The lowest BCUT2D eigenvalue weighted by molar-refractivity contribution is -0.149. The second kappa shape index (κ2) is 4.83. The molecule has 1 aliphatic carbocycles. The van der Waals surface area contributed by atoms with Crippen LogP contribution in [-0.4, -0.2) is 41.4 Å². The highest BCUT2D eigenvalue weighted by Gasteiger charge is 2.34. The minimum atomic E-state index is 0.165. The van der Waals surface area contributed by atoms with Gasteiger partial charge in [-0.05, 0) is 19.8 Å². The largest absolute Gasteiger partial charge is 0.371 e. The van der Waals surface area contributed by atoms with Crippen LogP contribution in [0.25, 0.3) is 0 Å². The molecule has 4 heteroatoms. The Morgan fingerprint density at radius 2 is 2.20 bits per heavy atom. The third-order valence-electron chi connectivity index (χ3n) is 3.26. The maximum Gasteiger partial charge on any atom is 0.225 e. The van der Waals surface area contributed by atoms with Gasteiger partial charge in [-0.2, -0.15) is 0 Å². The fourth-order valence-electron chi connectivity index (χ4n) is 2.22. The van der Waals surface area contributed by atoms with Crippen LogP contribution >= 0.6 is 15.9 Å². The first-order valence-corrected chi connectivity index (χ1v) is 6.83. The summed E-state index contributed by atoms with van der Waals surface area (Å²) in [6.07, 6.45) is 3.73. The molecule has 0 aromatic rings. The number of carbonyl (C=O) groups is 1. The SMILES string of the molecule is CC1CN(C(=O)C2CCC2)CC(CBr)O1. The van der Waals surface area contributed by atoms with Crippen LogP contribution in [-0.2, 0) is 9.53 Å². The van der Waals surface area contributed by atoms with Crippen molar-refractivity contribution in [3.8, 4) is 0 Å². The molecule has 0 aromatic heterocycles. The highest BCUT2D eigenvalue weighted by atomic mass is 79.9. The fraction of sp³-hybridized carbons (Fsp3) is 0.909. The summed E-state index contributed by atoms with van der Waals surface area (Å²) in [5.41, 5.74) is 0. The highest BCUT2D eigenvalue weighted by Crippen LogP contribution is 2.29. The molecular formula is C11H18BrNO2. The molecule has 3 nitrogen and oxygen atoms in total. The number of carbonyl (C=O) groups excluding carboxylic acids is 1. The van der Waals surface area contributed by atoms with Crippen LogP contribution in [0.5, 0.6) is 0 Å². The molecule has 2 aliphatic rings. The average molecular weight is 276 g/mol. The Kier molecular flexibility index (Phi) is 3.67. The van der Waals surface area contributed by atoms with Crippen LogP contribution < -0.4 is 0 Å². The van der Waals surface area contributed by atoms with Gasteiger partial charge in [-0.25, -0.2) is 0 Å². The molecule has 1 amide bonds. The van der Waals surface area contributed by atoms with E-state index in [-0.39, 0.29) is 12.2 Å². The van der Waals surface area contributed by atoms with Crippen molar-refractivity contribution in [1.29, 1.82) is 0 Å². The van der Waals surface area contributed by atoms with Gasteiger partial charge in [0.25, 0.3) is 0 Å². The Balaban J connectivity index is 1.92. The molecule has 1 saturated heterocycles. The van der Waals surface area contributed by atoms with Gasteiger partial charge in [0.15, 0.2) is 0 Å². The minimum Gasteiger partial charge on any atom is -0.371 e. The first-order chi connectivity index (χ1) is 7.20. The Bertz CT molecular complexity index is 243. The first-order valence-electron chi connectivity index (χ1n) is 5.71. The lowest BCUT2D eigenvalue weighted by Crippen LogP contribution is -2.52. The van der Waals surface area contributed by atoms with Gasteiger partial charge in [0.2, 0.25) is 5.91 Å². The Morgan fingerprint density at radius 3 is 2.73 bits per heavy atom. The molecule has 0 radical (unpaired) electrons. The van der Waals surface area contributed by atoms with E-state index in [0.29, 0.717) is 11.8 Å². The molecule has 2 atom stereocenters. The van der Waals surface area contributed by atoms with Gasteiger partial charge < -0.3 is 9.64 Å². The number of alkyl halides is 1. The quantitative estimate of drug-likeness (QED) is 0.720. The molecule has 0 aromatic carbocycles. The number of ether oxygens (including phenoxy) is 1. The van der Waals surface area contributed by atoms with Crippen LogP contribution in [0.4, 0.5) is 0 Å². The molecule has 15 heavy (non-hydrogen) atoms. The summed E-state index contributed by atoms with van der Waals surface area (Å²) in [7, 11) is 0. The van der Waals surface area contributed by atoms with E-state index in [0.717, 1.165) is 31.3 Å². The van der Waals surface area contributed by atoms with E-state index in [2.05, 4.69) is 15.9 Å². The van der Waals surface area contributed by atoms with Gasteiger partial charge in [0.1, 0.15) is 0 Å². The molecular weight excluding hydrogens is 258 g/mol. The second-order valence-corrected chi connectivity index (χ2v) is 5.24. The maximum absolute atomic E-state index is 12.0. The molecule has 0 spiro atoms. The molecule has 2 rings (SSSR count). The van der Waals surface area contributed by atoms with Crippen LogP contribution in [0.15, 0.2) is 0 Å². The minimum absolute atomic E-state index is 0.165. The molecule has 1 heterocycles. The highest BCUT2D eigenvalue weighted by molar-refractivity contribution is 9.09. The predicted molar refractivity (Wildman–Crippen MR) is 62.1 cm³/mol. The van der Waals surface area contributed by atoms with E-state index in [4.69, 9.17) is 4.74 Å².